The largest absolute Gasteiger partial charge is 0.381 e. The quantitative estimate of drug-likeness (QED) is 0.538. The average Bonchev–Trinajstić information content (AvgIpc) is 2.68. The molecule has 0 radical (unpaired) electrons. The summed E-state index contributed by atoms with van der Waals surface area (Å²) >= 11 is 0. The molecule has 1 aromatic rings. The summed E-state index contributed by atoms with van der Waals surface area (Å²) in [5.74, 6) is 0.590. The highest BCUT2D eigenvalue weighted by molar-refractivity contribution is 8.13. The molecular formula is C10H18ClN3O3S. The topological polar surface area (TPSA) is 74.1 Å². The van der Waals surface area contributed by atoms with E-state index >= 15 is 0 Å². The first-order valence-corrected chi connectivity index (χ1v) is 8.26. The number of ether oxygens (including phenoxy) is 1. The van der Waals surface area contributed by atoms with Crippen molar-refractivity contribution in [1.82, 2.24) is 14.8 Å². The van der Waals surface area contributed by atoms with Gasteiger partial charge in [-0.15, -0.1) is 10.2 Å². The molecule has 18 heavy (non-hydrogen) atoms. The Bertz CT molecular complexity index is 473. The molecule has 0 aliphatic heterocycles. The highest BCUT2D eigenvalue weighted by Gasteiger charge is 2.21. The maximum atomic E-state index is 11.3. The van der Waals surface area contributed by atoms with Gasteiger partial charge in [0.25, 0.3) is 14.2 Å². The second-order valence-corrected chi connectivity index (χ2v) is 6.31. The third-order valence-corrected chi connectivity index (χ3v) is 3.43. The number of hydrogen-bond donors (Lipinski definition) is 0. The van der Waals surface area contributed by atoms with Crippen molar-refractivity contribution in [3.05, 3.63) is 5.82 Å². The lowest BCUT2D eigenvalue weighted by Gasteiger charge is -2.07. The average molecular weight is 296 g/mol. The molecular weight excluding hydrogens is 278 g/mol. The SMILES string of the molecule is CCCOCCc1nnc(S(=O)(=O)Cl)n1CCC. The highest BCUT2D eigenvalue weighted by atomic mass is 35.7. The normalized spacial score (nSPS) is 11.9. The highest BCUT2D eigenvalue weighted by Crippen LogP contribution is 2.15. The van der Waals surface area contributed by atoms with Crippen LogP contribution in [0, 0.1) is 0 Å². The maximum Gasteiger partial charge on any atom is 0.296 e. The first-order chi connectivity index (χ1) is 8.50. The molecule has 0 aromatic carbocycles. The minimum atomic E-state index is -3.85. The molecule has 0 saturated carbocycles. The molecule has 0 spiro atoms. The fourth-order valence-electron chi connectivity index (χ4n) is 1.54. The van der Waals surface area contributed by atoms with Gasteiger partial charge in [-0.2, -0.15) is 0 Å². The van der Waals surface area contributed by atoms with E-state index in [0.29, 0.717) is 32.0 Å². The van der Waals surface area contributed by atoms with Crippen LogP contribution in [0.4, 0.5) is 0 Å². The van der Waals surface area contributed by atoms with Crippen molar-refractivity contribution in [3.8, 4) is 0 Å². The van der Waals surface area contributed by atoms with Crippen LogP contribution in [-0.4, -0.2) is 36.4 Å². The van der Waals surface area contributed by atoms with Crippen molar-refractivity contribution in [1.29, 1.82) is 0 Å². The number of rotatable bonds is 8. The Balaban J connectivity index is 2.82. The first kappa shape index (κ1) is 15.4. The number of hydrogen-bond acceptors (Lipinski definition) is 5. The Kier molecular flexibility index (Phi) is 6.04. The van der Waals surface area contributed by atoms with Crippen LogP contribution < -0.4 is 0 Å². The van der Waals surface area contributed by atoms with Gasteiger partial charge in [0, 0.05) is 30.3 Å². The molecule has 0 fully saturated rings. The van der Waals surface area contributed by atoms with Gasteiger partial charge in [-0.3, -0.25) is 0 Å². The van der Waals surface area contributed by atoms with Crippen LogP contribution in [0.3, 0.4) is 0 Å². The molecule has 0 unspecified atom stereocenters. The predicted molar refractivity (Wildman–Crippen MR) is 68.2 cm³/mol. The lowest BCUT2D eigenvalue weighted by molar-refractivity contribution is 0.136. The smallest absolute Gasteiger partial charge is 0.296 e. The molecule has 0 saturated heterocycles. The van der Waals surface area contributed by atoms with E-state index in [9.17, 15) is 8.42 Å². The van der Waals surface area contributed by atoms with Gasteiger partial charge < -0.3 is 9.30 Å². The third kappa shape index (κ3) is 4.22. The standard InChI is InChI=1S/C10H18ClN3O3S/c1-3-6-14-9(5-8-17-7-4-2)12-13-10(14)18(11,15)16/h3-8H2,1-2H3. The van der Waals surface area contributed by atoms with E-state index in [4.69, 9.17) is 15.4 Å². The van der Waals surface area contributed by atoms with E-state index in [1.807, 2.05) is 13.8 Å². The number of nitrogens with zero attached hydrogens (tertiary/aromatic N) is 3. The van der Waals surface area contributed by atoms with E-state index in [-0.39, 0.29) is 5.16 Å². The lowest BCUT2D eigenvalue weighted by Crippen LogP contribution is -2.11. The monoisotopic (exact) mass is 295 g/mol. The van der Waals surface area contributed by atoms with Gasteiger partial charge in [-0.25, -0.2) is 8.42 Å². The maximum absolute atomic E-state index is 11.3. The van der Waals surface area contributed by atoms with Crippen LogP contribution in [0.5, 0.6) is 0 Å². The molecule has 1 heterocycles. The third-order valence-electron chi connectivity index (χ3n) is 2.28. The molecule has 0 aliphatic carbocycles. The minimum absolute atomic E-state index is 0.184. The van der Waals surface area contributed by atoms with Crippen molar-refractivity contribution >= 4 is 19.7 Å². The molecule has 6 nitrogen and oxygen atoms in total. The molecule has 0 N–H and O–H groups in total. The molecule has 1 rings (SSSR count). The van der Waals surface area contributed by atoms with Crippen LogP contribution in [-0.2, 0) is 26.8 Å². The molecule has 0 atom stereocenters. The Morgan fingerprint density at radius 3 is 2.50 bits per heavy atom. The zero-order valence-electron chi connectivity index (χ0n) is 10.6. The van der Waals surface area contributed by atoms with E-state index in [2.05, 4.69) is 10.2 Å². The van der Waals surface area contributed by atoms with Gasteiger partial charge >= 0.3 is 0 Å². The molecule has 0 aliphatic rings. The van der Waals surface area contributed by atoms with Gasteiger partial charge in [0.15, 0.2) is 0 Å². The van der Waals surface area contributed by atoms with Crippen LogP contribution in [0.1, 0.15) is 32.5 Å². The van der Waals surface area contributed by atoms with Gasteiger partial charge in [-0.1, -0.05) is 13.8 Å². The van der Waals surface area contributed by atoms with Crippen LogP contribution in [0.25, 0.3) is 0 Å². The van der Waals surface area contributed by atoms with Crippen molar-refractivity contribution in [3.63, 3.8) is 0 Å². The summed E-state index contributed by atoms with van der Waals surface area (Å²) in [7, 11) is 1.46. The second kappa shape index (κ2) is 7.06. The van der Waals surface area contributed by atoms with Crippen LogP contribution in [0.15, 0.2) is 5.16 Å². The summed E-state index contributed by atoms with van der Waals surface area (Å²) < 4.78 is 29.5. The molecule has 1 aromatic heterocycles. The Labute approximate surface area is 112 Å². The summed E-state index contributed by atoms with van der Waals surface area (Å²) in [5, 5.41) is 7.33. The van der Waals surface area contributed by atoms with E-state index < -0.39 is 9.05 Å². The Hall–Kier alpha value is -0.660. The molecule has 8 heteroatoms. The van der Waals surface area contributed by atoms with Crippen LogP contribution >= 0.6 is 10.7 Å². The summed E-state index contributed by atoms with van der Waals surface area (Å²) in [6, 6.07) is 0. The fourth-order valence-corrected chi connectivity index (χ4v) is 2.48. The van der Waals surface area contributed by atoms with Crippen molar-refractivity contribution in [2.75, 3.05) is 13.2 Å². The number of aromatic nitrogens is 3. The lowest BCUT2D eigenvalue weighted by atomic mass is 10.4. The summed E-state index contributed by atoms with van der Waals surface area (Å²) in [6.45, 7) is 5.68. The number of halogens is 1. The van der Waals surface area contributed by atoms with Gasteiger partial charge in [0.05, 0.1) is 6.61 Å². The summed E-state index contributed by atoms with van der Waals surface area (Å²) in [5.41, 5.74) is 0. The Morgan fingerprint density at radius 1 is 1.22 bits per heavy atom. The van der Waals surface area contributed by atoms with E-state index in [0.717, 1.165) is 12.8 Å². The van der Waals surface area contributed by atoms with Gasteiger partial charge in [0.2, 0.25) is 0 Å². The van der Waals surface area contributed by atoms with Crippen molar-refractivity contribution in [2.24, 2.45) is 0 Å². The minimum Gasteiger partial charge on any atom is -0.381 e. The Morgan fingerprint density at radius 2 is 1.94 bits per heavy atom. The predicted octanol–water partition coefficient (Wildman–Crippen LogP) is 1.58. The summed E-state index contributed by atoms with van der Waals surface area (Å²) in [6.07, 6.45) is 2.25. The summed E-state index contributed by atoms with van der Waals surface area (Å²) in [4.78, 5) is 0. The van der Waals surface area contributed by atoms with Crippen molar-refractivity contribution < 1.29 is 13.2 Å². The zero-order valence-corrected chi connectivity index (χ0v) is 12.2. The first-order valence-electron chi connectivity index (χ1n) is 5.95. The second-order valence-electron chi connectivity index (χ2n) is 3.85. The van der Waals surface area contributed by atoms with Crippen LogP contribution in [0.2, 0.25) is 0 Å². The zero-order chi connectivity index (χ0) is 13.6. The van der Waals surface area contributed by atoms with Gasteiger partial charge in [-0.05, 0) is 12.8 Å². The molecule has 104 valence electrons. The molecule has 0 amide bonds. The van der Waals surface area contributed by atoms with E-state index in [1.54, 1.807) is 0 Å². The van der Waals surface area contributed by atoms with Crippen molar-refractivity contribution in [2.45, 2.75) is 44.8 Å². The molecule has 0 bridgehead atoms. The van der Waals surface area contributed by atoms with Gasteiger partial charge in [0.1, 0.15) is 5.82 Å². The fraction of sp³-hybridized carbons (Fsp3) is 0.800. The van der Waals surface area contributed by atoms with E-state index in [1.165, 1.54) is 4.57 Å².